The molecule has 0 bridgehead atoms. The molecule has 124 valence electrons. The first-order valence-electron chi connectivity index (χ1n) is 7.12. The molecular formula is C16H16N4O3S. The third kappa shape index (κ3) is 4.05. The molecule has 4 N–H and O–H groups in total. The Morgan fingerprint density at radius 1 is 0.917 bits per heavy atom. The molecule has 0 atom stereocenters. The summed E-state index contributed by atoms with van der Waals surface area (Å²) in [5, 5.41) is 6.44. The van der Waals surface area contributed by atoms with E-state index in [1.807, 2.05) is 24.4 Å². The van der Waals surface area contributed by atoms with Gasteiger partial charge in [0.2, 0.25) is 10.0 Å². The molecule has 0 aliphatic rings. The fraction of sp³-hybridized carbons (Fsp3) is 0.0625. The molecule has 0 radical (unpaired) electrons. The van der Waals surface area contributed by atoms with Crippen LogP contribution in [0.1, 0.15) is 0 Å². The first kappa shape index (κ1) is 15.9. The summed E-state index contributed by atoms with van der Waals surface area (Å²) in [6, 6.07) is 13.5. The summed E-state index contributed by atoms with van der Waals surface area (Å²) in [7, 11) is -3.32. The van der Waals surface area contributed by atoms with Crippen molar-refractivity contribution in [2.75, 3.05) is 21.6 Å². The fourth-order valence-corrected chi connectivity index (χ4v) is 2.82. The Labute approximate surface area is 139 Å². The maximum Gasteiger partial charge on any atom is 0.323 e. The van der Waals surface area contributed by atoms with E-state index >= 15 is 0 Å². The van der Waals surface area contributed by atoms with Crippen molar-refractivity contribution in [2.24, 2.45) is 0 Å². The molecule has 2 amide bonds. The van der Waals surface area contributed by atoms with Crippen LogP contribution in [0.2, 0.25) is 0 Å². The van der Waals surface area contributed by atoms with Gasteiger partial charge in [-0.1, -0.05) is 0 Å². The number of hydrogen-bond acceptors (Lipinski definition) is 3. The van der Waals surface area contributed by atoms with Crippen LogP contribution in [0.15, 0.2) is 54.7 Å². The third-order valence-corrected chi connectivity index (χ3v) is 3.86. The number of carbonyl (C=O) groups is 1. The number of rotatable bonds is 4. The van der Waals surface area contributed by atoms with Crippen molar-refractivity contribution in [3.8, 4) is 0 Å². The first-order valence-corrected chi connectivity index (χ1v) is 9.01. The van der Waals surface area contributed by atoms with Gasteiger partial charge in [-0.05, 0) is 48.5 Å². The van der Waals surface area contributed by atoms with Gasteiger partial charge in [0.05, 0.1) is 6.26 Å². The number of sulfonamides is 1. The minimum absolute atomic E-state index is 0.381. The minimum atomic E-state index is -3.32. The molecule has 7 nitrogen and oxygen atoms in total. The van der Waals surface area contributed by atoms with E-state index < -0.39 is 10.0 Å². The molecule has 1 aromatic heterocycles. The van der Waals surface area contributed by atoms with Crippen LogP contribution in [0.4, 0.5) is 21.9 Å². The highest BCUT2D eigenvalue weighted by Gasteiger charge is 2.05. The second kappa shape index (κ2) is 6.25. The maximum atomic E-state index is 12.0. The number of urea groups is 1. The highest BCUT2D eigenvalue weighted by atomic mass is 32.2. The van der Waals surface area contributed by atoms with Crippen LogP contribution in [-0.4, -0.2) is 25.7 Å². The zero-order chi connectivity index (χ0) is 17.2. The second-order valence-corrected chi connectivity index (χ2v) is 7.06. The van der Waals surface area contributed by atoms with E-state index in [1.165, 1.54) is 0 Å². The summed E-state index contributed by atoms with van der Waals surface area (Å²) in [5.74, 6) is 0. The molecule has 3 rings (SSSR count). The summed E-state index contributed by atoms with van der Waals surface area (Å²) >= 11 is 0. The van der Waals surface area contributed by atoms with E-state index in [-0.39, 0.29) is 6.03 Å². The summed E-state index contributed by atoms with van der Waals surface area (Å²) in [6.45, 7) is 0. The minimum Gasteiger partial charge on any atom is -0.361 e. The van der Waals surface area contributed by atoms with Crippen molar-refractivity contribution >= 4 is 44.0 Å². The topological polar surface area (TPSA) is 103 Å². The lowest BCUT2D eigenvalue weighted by Crippen LogP contribution is -2.19. The number of carbonyl (C=O) groups excluding carboxylic acids is 1. The zero-order valence-corrected chi connectivity index (χ0v) is 13.6. The number of nitrogens with one attached hydrogen (secondary N) is 4. The molecule has 2 aromatic carbocycles. The standard InChI is InChI=1S/C16H16N4O3S/c1-24(22,23)20-13-4-2-12(3-5-13)18-16(21)19-14-6-7-15-11(10-14)8-9-17-15/h2-10,17,20H,1H3,(H2,18,19,21). The molecule has 1 heterocycles. The maximum absolute atomic E-state index is 12.0. The van der Waals surface area contributed by atoms with Gasteiger partial charge in [-0.2, -0.15) is 0 Å². The van der Waals surface area contributed by atoms with Crippen LogP contribution in [0.3, 0.4) is 0 Å². The van der Waals surface area contributed by atoms with E-state index in [2.05, 4.69) is 20.3 Å². The second-order valence-electron chi connectivity index (χ2n) is 5.31. The molecular weight excluding hydrogens is 328 g/mol. The van der Waals surface area contributed by atoms with Gasteiger partial charge in [0.15, 0.2) is 0 Å². The molecule has 24 heavy (non-hydrogen) atoms. The van der Waals surface area contributed by atoms with Crippen molar-refractivity contribution in [1.82, 2.24) is 4.98 Å². The van der Waals surface area contributed by atoms with Crippen molar-refractivity contribution in [1.29, 1.82) is 0 Å². The quantitative estimate of drug-likeness (QED) is 0.584. The number of aromatic amines is 1. The lowest BCUT2D eigenvalue weighted by molar-refractivity contribution is 0.262. The highest BCUT2D eigenvalue weighted by molar-refractivity contribution is 7.92. The van der Waals surface area contributed by atoms with Crippen LogP contribution in [0, 0.1) is 0 Å². The number of hydrogen-bond donors (Lipinski definition) is 4. The summed E-state index contributed by atoms with van der Waals surface area (Å²) < 4.78 is 24.7. The predicted molar refractivity (Wildman–Crippen MR) is 95.8 cm³/mol. The van der Waals surface area contributed by atoms with E-state index in [4.69, 9.17) is 0 Å². The van der Waals surface area contributed by atoms with Crippen LogP contribution in [-0.2, 0) is 10.0 Å². The average Bonchev–Trinajstić information content (AvgIpc) is 2.95. The molecule has 0 aliphatic carbocycles. The Morgan fingerprint density at radius 2 is 1.54 bits per heavy atom. The van der Waals surface area contributed by atoms with E-state index in [9.17, 15) is 13.2 Å². The number of amides is 2. The number of aromatic nitrogens is 1. The van der Waals surface area contributed by atoms with Crippen molar-refractivity contribution in [2.45, 2.75) is 0 Å². The smallest absolute Gasteiger partial charge is 0.323 e. The largest absolute Gasteiger partial charge is 0.361 e. The molecule has 0 saturated heterocycles. The third-order valence-electron chi connectivity index (χ3n) is 3.26. The van der Waals surface area contributed by atoms with Crippen LogP contribution >= 0.6 is 0 Å². The van der Waals surface area contributed by atoms with Gasteiger partial charge in [0.1, 0.15) is 0 Å². The van der Waals surface area contributed by atoms with Crippen LogP contribution in [0.5, 0.6) is 0 Å². The normalized spacial score (nSPS) is 11.2. The number of fused-ring (bicyclic) bond motifs is 1. The monoisotopic (exact) mass is 344 g/mol. The van der Waals surface area contributed by atoms with E-state index in [1.54, 1.807) is 30.3 Å². The van der Waals surface area contributed by atoms with Gasteiger partial charge < -0.3 is 15.6 Å². The van der Waals surface area contributed by atoms with Gasteiger partial charge in [-0.15, -0.1) is 0 Å². The molecule has 8 heteroatoms. The lowest BCUT2D eigenvalue weighted by atomic mass is 10.2. The Morgan fingerprint density at radius 3 is 2.25 bits per heavy atom. The van der Waals surface area contributed by atoms with Crippen molar-refractivity contribution < 1.29 is 13.2 Å². The van der Waals surface area contributed by atoms with Gasteiger partial charge in [-0.3, -0.25) is 4.72 Å². The average molecular weight is 344 g/mol. The summed E-state index contributed by atoms with van der Waals surface area (Å²) in [5.41, 5.74) is 2.65. The van der Waals surface area contributed by atoms with Gasteiger partial charge in [0.25, 0.3) is 0 Å². The van der Waals surface area contributed by atoms with Crippen molar-refractivity contribution in [3.63, 3.8) is 0 Å². The van der Waals surface area contributed by atoms with Gasteiger partial charge in [0, 0.05) is 34.2 Å². The Bertz CT molecular complexity index is 978. The van der Waals surface area contributed by atoms with Gasteiger partial charge >= 0.3 is 6.03 Å². The SMILES string of the molecule is CS(=O)(=O)Nc1ccc(NC(=O)Nc2ccc3[nH]ccc3c2)cc1. The highest BCUT2D eigenvalue weighted by Crippen LogP contribution is 2.19. The summed E-state index contributed by atoms with van der Waals surface area (Å²) in [6.07, 6.45) is 2.91. The molecule has 0 unspecified atom stereocenters. The van der Waals surface area contributed by atoms with Gasteiger partial charge in [-0.25, -0.2) is 13.2 Å². The molecule has 3 aromatic rings. The fourth-order valence-electron chi connectivity index (χ4n) is 2.26. The van der Waals surface area contributed by atoms with Crippen LogP contribution < -0.4 is 15.4 Å². The van der Waals surface area contributed by atoms with E-state index in [0.717, 1.165) is 17.2 Å². The first-order chi connectivity index (χ1) is 11.4. The molecule has 0 spiro atoms. The lowest BCUT2D eigenvalue weighted by Gasteiger charge is -2.09. The Hall–Kier alpha value is -3.00. The molecule has 0 saturated carbocycles. The summed E-state index contributed by atoms with van der Waals surface area (Å²) in [4.78, 5) is 15.1. The number of H-pyrrole nitrogens is 1. The van der Waals surface area contributed by atoms with E-state index in [0.29, 0.717) is 17.1 Å². The van der Waals surface area contributed by atoms with Crippen LogP contribution in [0.25, 0.3) is 10.9 Å². The number of anilines is 3. The number of benzene rings is 2. The Balaban J connectivity index is 1.63. The predicted octanol–water partition coefficient (Wildman–Crippen LogP) is 3.18. The van der Waals surface area contributed by atoms with Crippen molar-refractivity contribution in [3.05, 3.63) is 54.7 Å². The molecule has 0 fully saturated rings. The zero-order valence-electron chi connectivity index (χ0n) is 12.8. The molecule has 0 aliphatic heterocycles. The Kier molecular flexibility index (Phi) is 4.13.